The third kappa shape index (κ3) is 4.76. The molecule has 32 heavy (non-hydrogen) atoms. The molecular weight excluding hydrogens is 405 g/mol. The minimum Gasteiger partial charge on any atom is -0.497 e. The van der Waals surface area contributed by atoms with Crippen LogP contribution in [0.1, 0.15) is 31.2 Å². The van der Waals surface area contributed by atoms with Crippen molar-refractivity contribution in [3.63, 3.8) is 0 Å². The Hall–Kier alpha value is -3.37. The third-order valence-electron chi connectivity index (χ3n) is 6.17. The fourth-order valence-corrected chi connectivity index (χ4v) is 4.35. The molecule has 166 valence electrons. The molecule has 1 aliphatic rings. The molecule has 1 heterocycles. The lowest BCUT2D eigenvalue weighted by Crippen LogP contribution is -2.33. The van der Waals surface area contributed by atoms with Gasteiger partial charge in [-0.1, -0.05) is 12.5 Å². The summed E-state index contributed by atoms with van der Waals surface area (Å²) in [4.78, 5) is 0. The standard InChI is InChI=1S/C25H28FN5O/c1-28-20-5-3-4-17(12-20)16-29-25-14-24(18-6-7-19(15-27)23(26)13-18)31(30-25)21-8-10-22(32-2)11-9-21/h6-11,13-14,17,20,28H,3-5,12,16H2,1-2H3,(H,29,30)/t17?,20-/m0/s1. The molecule has 0 bridgehead atoms. The highest BCUT2D eigenvalue weighted by Gasteiger charge is 2.21. The van der Waals surface area contributed by atoms with Crippen molar-refractivity contribution < 1.29 is 9.13 Å². The normalized spacial score (nSPS) is 18.2. The van der Waals surface area contributed by atoms with Gasteiger partial charge in [0.15, 0.2) is 0 Å². The van der Waals surface area contributed by atoms with Gasteiger partial charge in [0.2, 0.25) is 0 Å². The summed E-state index contributed by atoms with van der Waals surface area (Å²) in [7, 11) is 3.65. The number of rotatable bonds is 7. The van der Waals surface area contributed by atoms with Gasteiger partial charge in [0.05, 0.1) is 24.1 Å². The summed E-state index contributed by atoms with van der Waals surface area (Å²) in [6, 6.07) is 16.6. The zero-order chi connectivity index (χ0) is 22.5. The lowest BCUT2D eigenvalue weighted by molar-refractivity contribution is 0.306. The van der Waals surface area contributed by atoms with Crippen LogP contribution in [0.3, 0.4) is 0 Å². The van der Waals surface area contributed by atoms with E-state index in [9.17, 15) is 4.39 Å². The number of methoxy groups -OCH3 is 1. The molecule has 1 aromatic heterocycles. The minimum absolute atomic E-state index is 0.0268. The van der Waals surface area contributed by atoms with Crippen LogP contribution in [-0.2, 0) is 0 Å². The molecule has 1 saturated carbocycles. The minimum atomic E-state index is -0.540. The monoisotopic (exact) mass is 433 g/mol. The molecule has 4 rings (SSSR count). The molecule has 0 spiro atoms. The molecule has 0 amide bonds. The van der Waals surface area contributed by atoms with Crippen molar-refractivity contribution in [2.45, 2.75) is 31.7 Å². The van der Waals surface area contributed by atoms with Gasteiger partial charge in [0.1, 0.15) is 23.5 Å². The first-order valence-corrected chi connectivity index (χ1v) is 11.0. The van der Waals surface area contributed by atoms with Gasteiger partial charge in [0, 0.05) is 24.2 Å². The Labute approximate surface area is 188 Å². The molecule has 0 radical (unpaired) electrons. The number of halogens is 1. The van der Waals surface area contributed by atoms with Crippen molar-refractivity contribution in [3.05, 3.63) is 59.9 Å². The van der Waals surface area contributed by atoms with Gasteiger partial charge in [-0.3, -0.25) is 0 Å². The quantitative estimate of drug-likeness (QED) is 0.563. The SMILES string of the molecule is CN[C@H]1CCCC(CNc2cc(-c3ccc(C#N)c(F)c3)n(-c3ccc(OC)cc3)n2)C1. The van der Waals surface area contributed by atoms with Crippen molar-refractivity contribution in [3.8, 4) is 28.8 Å². The van der Waals surface area contributed by atoms with E-state index in [0.29, 0.717) is 17.5 Å². The smallest absolute Gasteiger partial charge is 0.149 e. The number of benzene rings is 2. The zero-order valence-electron chi connectivity index (χ0n) is 18.4. The summed E-state index contributed by atoms with van der Waals surface area (Å²) in [6.45, 7) is 0.846. The van der Waals surface area contributed by atoms with E-state index in [1.165, 1.54) is 31.4 Å². The number of nitriles is 1. The van der Waals surface area contributed by atoms with Crippen LogP contribution in [0.2, 0.25) is 0 Å². The summed E-state index contributed by atoms with van der Waals surface area (Å²) < 4.78 is 21.4. The maximum atomic E-state index is 14.3. The van der Waals surface area contributed by atoms with Crippen LogP contribution >= 0.6 is 0 Å². The Bertz CT molecular complexity index is 1100. The number of nitrogens with one attached hydrogen (secondary N) is 2. The number of ether oxygens (including phenoxy) is 1. The van der Waals surface area contributed by atoms with Gasteiger partial charge in [0.25, 0.3) is 0 Å². The average molecular weight is 434 g/mol. The molecule has 1 unspecified atom stereocenters. The molecule has 0 saturated heterocycles. The largest absolute Gasteiger partial charge is 0.497 e. The molecule has 0 aliphatic heterocycles. The number of hydrogen-bond acceptors (Lipinski definition) is 5. The topological polar surface area (TPSA) is 74.9 Å². The highest BCUT2D eigenvalue weighted by molar-refractivity contribution is 5.67. The lowest BCUT2D eigenvalue weighted by atomic mass is 9.86. The van der Waals surface area contributed by atoms with Gasteiger partial charge in [-0.2, -0.15) is 5.26 Å². The Morgan fingerprint density at radius 2 is 2.00 bits per heavy atom. The summed E-state index contributed by atoms with van der Waals surface area (Å²) in [5, 5.41) is 20.7. The number of nitrogens with zero attached hydrogens (tertiary/aromatic N) is 3. The van der Waals surface area contributed by atoms with Gasteiger partial charge in [-0.15, -0.1) is 5.10 Å². The predicted octanol–water partition coefficient (Wildman–Crippen LogP) is 4.75. The first kappa shape index (κ1) is 21.8. The highest BCUT2D eigenvalue weighted by Crippen LogP contribution is 2.29. The number of hydrogen-bond donors (Lipinski definition) is 2. The van der Waals surface area contributed by atoms with Crippen molar-refractivity contribution in [1.82, 2.24) is 15.1 Å². The number of aromatic nitrogens is 2. The van der Waals surface area contributed by atoms with Crippen LogP contribution in [-0.4, -0.2) is 36.5 Å². The van der Waals surface area contributed by atoms with E-state index < -0.39 is 5.82 Å². The Morgan fingerprint density at radius 1 is 1.19 bits per heavy atom. The Kier molecular flexibility index (Phi) is 6.72. The third-order valence-corrected chi connectivity index (χ3v) is 6.17. The van der Waals surface area contributed by atoms with E-state index in [1.807, 2.05) is 43.4 Å². The Morgan fingerprint density at radius 3 is 2.69 bits per heavy atom. The van der Waals surface area contributed by atoms with E-state index in [4.69, 9.17) is 15.1 Å². The average Bonchev–Trinajstić information content (AvgIpc) is 3.27. The van der Waals surface area contributed by atoms with Crippen LogP contribution < -0.4 is 15.4 Å². The second-order valence-electron chi connectivity index (χ2n) is 8.23. The molecular formula is C25H28FN5O. The summed E-state index contributed by atoms with van der Waals surface area (Å²) in [6.07, 6.45) is 4.82. The Balaban J connectivity index is 1.63. The second-order valence-corrected chi connectivity index (χ2v) is 8.23. The first-order chi connectivity index (χ1) is 15.6. The fourth-order valence-electron chi connectivity index (χ4n) is 4.35. The molecule has 2 N–H and O–H groups in total. The van der Waals surface area contributed by atoms with Crippen LogP contribution in [0.5, 0.6) is 5.75 Å². The maximum Gasteiger partial charge on any atom is 0.149 e. The molecule has 1 aliphatic carbocycles. The van der Waals surface area contributed by atoms with Crippen LogP contribution in [0.4, 0.5) is 10.2 Å². The van der Waals surface area contributed by atoms with Gasteiger partial charge >= 0.3 is 0 Å². The lowest BCUT2D eigenvalue weighted by Gasteiger charge is -2.28. The second kappa shape index (κ2) is 9.84. The number of anilines is 1. The van der Waals surface area contributed by atoms with Crippen LogP contribution in [0.15, 0.2) is 48.5 Å². The molecule has 1 fully saturated rings. The van der Waals surface area contributed by atoms with Crippen molar-refractivity contribution in [1.29, 1.82) is 5.26 Å². The van der Waals surface area contributed by atoms with E-state index in [2.05, 4.69) is 10.6 Å². The summed E-state index contributed by atoms with van der Waals surface area (Å²) in [5.74, 6) is 1.54. The molecule has 2 atom stereocenters. The maximum absolute atomic E-state index is 14.3. The van der Waals surface area contributed by atoms with Crippen molar-refractivity contribution in [2.24, 2.45) is 5.92 Å². The molecule has 7 heteroatoms. The van der Waals surface area contributed by atoms with E-state index in [0.717, 1.165) is 35.9 Å². The van der Waals surface area contributed by atoms with Gasteiger partial charge in [-0.05, 0) is 68.6 Å². The van der Waals surface area contributed by atoms with E-state index in [-0.39, 0.29) is 5.56 Å². The van der Waals surface area contributed by atoms with E-state index >= 15 is 0 Å². The predicted molar refractivity (Wildman–Crippen MR) is 124 cm³/mol. The van der Waals surface area contributed by atoms with Crippen LogP contribution in [0, 0.1) is 23.1 Å². The van der Waals surface area contributed by atoms with Crippen LogP contribution in [0.25, 0.3) is 16.9 Å². The fraction of sp³-hybridized carbons (Fsp3) is 0.360. The molecule has 6 nitrogen and oxygen atoms in total. The highest BCUT2D eigenvalue weighted by atomic mass is 19.1. The summed E-state index contributed by atoms with van der Waals surface area (Å²) >= 11 is 0. The van der Waals surface area contributed by atoms with E-state index in [1.54, 1.807) is 17.9 Å². The summed E-state index contributed by atoms with van der Waals surface area (Å²) in [5.41, 5.74) is 2.27. The molecule has 2 aromatic carbocycles. The first-order valence-electron chi connectivity index (χ1n) is 11.0. The zero-order valence-corrected chi connectivity index (χ0v) is 18.4. The van der Waals surface area contributed by atoms with Crippen molar-refractivity contribution in [2.75, 3.05) is 26.0 Å². The molecule has 3 aromatic rings. The van der Waals surface area contributed by atoms with Gasteiger partial charge < -0.3 is 15.4 Å². The van der Waals surface area contributed by atoms with Crippen molar-refractivity contribution >= 4 is 5.82 Å². The van der Waals surface area contributed by atoms with Gasteiger partial charge in [-0.25, -0.2) is 9.07 Å².